The lowest BCUT2D eigenvalue weighted by Gasteiger charge is -2.15. The van der Waals surface area contributed by atoms with Gasteiger partial charge in [0.1, 0.15) is 6.61 Å². The molecule has 0 saturated heterocycles. The van der Waals surface area contributed by atoms with Gasteiger partial charge in [-0.2, -0.15) is 0 Å². The molecule has 0 atom stereocenters. The fourth-order valence-electron chi connectivity index (χ4n) is 3.55. The van der Waals surface area contributed by atoms with Gasteiger partial charge in [-0.3, -0.25) is 5.32 Å². The zero-order valence-electron chi connectivity index (χ0n) is 15.0. The first-order valence-electron chi connectivity index (χ1n) is 8.80. The van der Waals surface area contributed by atoms with Crippen molar-refractivity contribution in [2.75, 3.05) is 11.9 Å². The van der Waals surface area contributed by atoms with E-state index in [1.54, 1.807) is 0 Å². The largest absolute Gasteiger partial charge is 0.478 e. The van der Waals surface area contributed by atoms with Crippen LogP contribution in [-0.4, -0.2) is 23.8 Å². The molecule has 3 aromatic carbocycles. The molecule has 0 unspecified atom stereocenters. The molecule has 1 amide bonds. The molecular weight excluding hydrogens is 413 g/mol. The number of carbonyl (C=O) groups is 2. The molecule has 0 aromatic heterocycles. The summed E-state index contributed by atoms with van der Waals surface area (Å²) in [6.45, 7) is 0.136. The highest BCUT2D eigenvalue weighted by Gasteiger charge is 2.29. The maximum atomic E-state index is 12.3. The van der Waals surface area contributed by atoms with Gasteiger partial charge in [0.25, 0.3) is 0 Å². The lowest BCUT2D eigenvalue weighted by molar-refractivity contribution is 0.0697. The van der Waals surface area contributed by atoms with Gasteiger partial charge >= 0.3 is 12.1 Å². The van der Waals surface area contributed by atoms with E-state index in [-0.39, 0.29) is 33.8 Å². The van der Waals surface area contributed by atoms with Crippen LogP contribution in [0.25, 0.3) is 11.1 Å². The number of rotatable bonds is 4. The summed E-state index contributed by atoms with van der Waals surface area (Å²) in [6.07, 6.45) is -0.729. The van der Waals surface area contributed by atoms with Crippen molar-refractivity contribution >= 4 is 41.0 Å². The number of amides is 1. The monoisotopic (exact) mass is 427 g/mol. The lowest BCUT2D eigenvalue weighted by Crippen LogP contribution is -2.18. The van der Waals surface area contributed by atoms with E-state index < -0.39 is 12.1 Å². The molecule has 2 N–H and O–H groups in total. The maximum absolute atomic E-state index is 12.3. The first kappa shape index (κ1) is 19.3. The molecule has 5 nitrogen and oxygen atoms in total. The molecule has 0 spiro atoms. The number of aromatic carboxylic acids is 1. The highest BCUT2D eigenvalue weighted by Crippen LogP contribution is 2.44. The van der Waals surface area contributed by atoms with Crippen LogP contribution in [0.1, 0.15) is 27.4 Å². The van der Waals surface area contributed by atoms with Gasteiger partial charge in [-0.15, -0.1) is 0 Å². The summed E-state index contributed by atoms with van der Waals surface area (Å²) in [6, 6.07) is 18.5. The second-order valence-electron chi connectivity index (χ2n) is 6.57. The summed E-state index contributed by atoms with van der Waals surface area (Å²) in [4.78, 5) is 23.6. The molecule has 146 valence electrons. The van der Waals surface area contributed by atoms with Crippen LogP contribution < -0.4 is 5.32 Å². The van der Waals surface area contributed by atoms with Gasteiger partial charge in [-0.25, -0.2) is 9.59 Å². The molecule has 29 heavy (non-hydrogen) atoms. The molecule has 0 radical (unpaired) electrons. The average Bonchev–Trinajstić information content (AvgIpc) is 3.02. The highest BCUT2D eigenvalue weighted by molar-refractivity contribution is 6.38. The highest BCUT2D eigenvalue weighted by atomic mass is 35.5. The van der Waals surface area contributed by atoms with E-state index in [1.807, 2.05) is 36.4 Å². The standard InChI is InChI=1S/C22H15Cl2NO4/c23-18-10-19(24)20(9-16(18)21(26)27)25-22(28)29-11-17-14-7-3-1-5-12(14)13-6-2-4-8-15(13)17/h1-10,17H,11H2,(H,25,28)(H,26,27). The average molecular weight is 428 g/mol. The molecule has 1 aliphatic carbocycles. The van der Waals surface area contributed by atoms with Crippen LogP contribution in [0.3, 0.4) is 0 Å². The Morgan fingerprint density at radius 2 is 1.52 bits per heavy atom. The molecular formula is C22H15Cl2NO4. The van der Waals surface area contributed by atoms with Crippen molar-refractivity contribution in [1.29, 1.82) is 0 Å². The van der Waals surface area contributed by atoms with Crippen molar-refractivity contribution in [2.45, 2.75) is 5.92 Å². The van der Waals surface area contributed by atoms with Gasteiger partial charge in [0, 0.05) is 5.92 Å². The van der Waals surface area contributed by atoms with Crippen LogP contribution in [-0.2, 0) is 4.74 Å². The number of halogens is 2. The molecule has 3 aromatic rings. The van der Waals surface area contributed by atoms with Crippen molar-refractivity contribution in [3.05, 3.63) is 87.4 Å². The second-order valence-corrected chi connectivity index (χ2v) is 7.38. The summed E-state index contributed by atoms with van der Waals surface area (Å²) in [5.74, 6) is -1.30. The van der Waals surface area contributed by atoms with Gasteiger partial charge in [-0.1, -0.05) is 71.7 Å². The van der Waals surface area contributed by atoms with E-state index in [2.05, 4.69) is 17.4 Å². The van der Waals surface area contributed by atoms with E-state index in [9.17, 15) is 14.7 Å². The molecule has 0 heterocycles. The van der Waals surface area contributed by atoms with Gasteiger partial charge in [0.15, 0.2) is 0 Å². The SMILES string of the molecule is O=C(Nc1cc(C(=O)O)c(Cl)cc1Cl)OCC1c2ccccc2-c2ccccc21. The third kappa shape index (κ3) is 3.67. The third-order valence-electron chi connectivity index (χ3n) is 4.87. The van der Waals surface area contributed by atoms with Crippen molar-refractivity contribution in [3.63, 3.8) is 0 Å². The molecule has 1 aliphatic rings. The lowest BCUT2D eigenvalue weighted by atomic mass is 9.98. The van der Waals surface area contributed by atoms with Gasteiger partial charge in [0.2, 0.25) is 0 Å². The van der Waals surface area contributed by atoms with E-state index in [0.717, 1.165) is 22.3 Å². The molecule has 0 saturated carbocycles. The minimum absolute atomic E-state index is 0.0133. The van der Waals surface area contributed by atoms with Crippen molar-refractivity contribution in [2.24, 2.45) is 0 Å². The van der Waals surface area contributed by atoms with E-state index in [1.165, 1.54) is 12.1 Å². The molecule has 4 rings (SSSR count). The summed E-state index contributed by atoms with van der Waals surface area (Å²) in [7, 11) is 0. The summed E-state index contributed by atoms with van der Waals surface area (Å²) >= 11 is 11.9. The minimum Gasteiger partial charge on any atom is -0.478 e. The number of carboxylic acids is 1. The first-order valence-corrected chi connectivity index (χ1v) is 9.55. The Labute approximate surface area is 176 Å². The molecule has 0 bridgehead atoms. The van der Waals surface area contributed by atoms with Crippen LogP contribution in [0.15, 0.2) is 60.7 Å². The Hall–Kier alpha value is -3.02. The van der Waals surface area contributed by atoms with Gasteiger partial charge < -0.3 is 9.84 Å². The normalized spacial score (nSPS) is 12.2. The Bertz CT molecular complexity index is 1080. The molecule has 7 heteroatoms. The number of nitrogens with one attached hydrogen (secondary N) is 1. The van der Waals surface area contributed by atoms with Crippen LogP contribution in [0, 0.1) is 0 Å². The van der Waals surface area contributed by atoms with E-state index >= 15 is 0 Å². The number of hydrogen-bond donors (Lipinski definition) is 2. The Morgan fingerprint density at radius 3 is 2.10 bits per heavy atom. The number of hydrogen-bond acceptors (Lipinski definition) is 3. The quantitative estimate of drug-likeness (QED) is 0.530. The van der Waals surface area contributed by atoms with Gasteiger partial charge in [-0.05, 0) is 34.4 Å². The maximum Gasteiger partial charge on any atom is 0.411 e. The van der Waals surface area contributed by atoms with Crippen molar-refractivity contribution in [3.8, 4) is 11.1 Å². The number of carbonyl (C=O) groups excluding carboxylic acids is 1. The first-order chi connectivity index (χ1) is 14.0. The second kappa shape index (κ2) is 7.78. The van der Waals surface area contributed by atoms with Gasteiger partial charge in [0.05, 0.1) is 21.3 Å². The smallest absolute Gasteiger partial charge is 0.411 e. The number of anilines is 1. The zero-order chi connectivity index (χ0) is 20.5. The summed E-state index contributed by atoms with van der Waals surface area (Å²) in [5, 5.41) is 11.8. The van der Waals surface area contributed by atoms with E-state index in [0.29, 0.717) is 0 Å². The van der Waals surface area contributed by atoms with Crippen LogP contribution >= 0.6 is 23.2 Å². The van der Waals surface area contributed by atoms with Crippen LogP contribution in [0.4, 0.5) is 10.5 Å². The fourth-order valence-corrected chi connectivity index (χ4v) is 4.06. The minimum atomic E-state index is -1.22. The summed E-state index contributed by atoms with van der Waals surface area (Å²) in [5.41, 5.74) is 4.40. The predicted octanol–water partition coefficient (Wildman–Crippen LogP) is 6.05. The molecule has 0 fully saturated rings. The Balaban J connectivity index is 1.51. The number of ether oxygens (including phenoxy) is 1. The third-order valence-corrected chi connectivity index (χ3v) is 5.49. The molecule has 0 aliphatic heterocycles. The van der Waals surface area contributed by atoms with Crippen LogP contribution in [0.2, 0.25) is 10.0 Å². The van der Waals surface area contributed by atoms with Crippen molar-refractivity contribution < 1.29 is 19.4 Å². The topological polar surface area (TPSA) is 75.6 Å². The number of carboxylic acid groups (broad SMARTS) is 1. The van der Waals surface area contributed by atoms with E-state index in [4.69, 9.17) is 27.9 Å². The summed E-state index contributed by atoms with van der Waals surface area (Å²) < 4.78 is 5.44. The fraction of sp³-hybridized carbons (Fsp3) is 0.0909. The predicted molar refractivity (Wildman–Crippen MR) is 112 cm³/mol. The van der Waals surface area contributed by atoms with Crippen molar-refractivity contribution in [1.82, 2.24) is 0 Å². The number of benzene rings is 3. The van der Waals surface area contributed by atoms with Crippen LogP contribution in [0.5, 0.6) is 0 Å². The Morgan fingerprint density at radius 1 is 0.931 bits per heavy atom. The Kier molecular flexibility index (Phi) is 5.18. The number of fused-ring (bicyclic) bond motifs is 3. The zero-order valence-corrected chi connectivity index (χ0v) is 16.5.